The third-order valence-electron chi connectivity index (χ3n) is 3.56. The Balaban J connectivity index is 1.62. The predicted octanol–water partition coefficient (Wildman–Crippen LogP) is 3.59. The molecule has 1 heterocycles. The van der Waals surface area contributed by atoms with Gasteiger partial charge in [-0.3, -0.25) is 9.59 Å². The molecule has 1 N–H and O–H groups in total. The molecule has 3 aromatic rings. The van der Waals surface area contributed by atoms with Crippen molar-refractivity contribution >= 4 is 11.6 Å². The Hall–Kier alpha value is -3.34. The lowest BCUT2D eigenvalue weighted by molar-refractivity contribution is -0.116. The van der Waals surface area contributed by atoms with Crippen LogP contribution in [-0.2, 0) is 11.3 Å². The zero-order valence-electron chi connectivity index (χ0n) is 13.8. The number of anilines is 1. The van der Waals surface area contributed by atoms with E-state index in [0.717, 1.165) is 11.3 Å². The summed E-state index contributed by atoms with van der Waals surface area (Å²) in [5.74, 6) is 1.17. The van der Waals surface area contributed by atoms with Crippen LogP contribution in [0.2, 0.25) is 0 Å². The van der Waals surface area contributed by atoms with Crippen molar-refractivity contribution in [3.63, 3.8) is 0 Å². The number of carbonyl (C=O) groups excluding carboxylic acids is 1. The van der Waals surface area contributed by atoms with E-state index in [1.54, 1.807) is 36.5 Å². The fraction of sp³-hybridized carbons (Fsp3) is 0.100. The van der Waals surface area contributed by atoms with Gasteiger partial charge in [-0.2, -0.15) is 0 Å². The molecule has 0 bridgehead atoms. The van der Waals surface area contributed by atoms with Gasteiger partial charge in [0.25, 0.3) is 5.56 Å². The lowest BCUT2D eigenvalue weighted by Gasteiger charge is -2.09. The molecule has 0 atom stereocenters. The predicted molar refractivity (Wildman–Crippen MR) is 97.0 cm³/mol. The summed E-state index contributed by atoms with van der Waals surface area (Å²) in [4.78, 5) is 23.9. The minimum atomic E-state index is -0.260. The summed E-state index contributed by atoms with van der Waals surface area (Å²) in [6, 6.07) is 19.7. The summed E-state index contributed by atoms with van der Waals surface area (Å²) >= 11 is 0. The van der Waals surface area contributed by atoms with Crippen LogP contribution in [0.15, 0.2) is 77.7 Å². The van der Waals surface area contributed by atoms with Crippen molar-refractivity contribution in [2.24, 2.45) is 0 Å². The van der Waals surface area contributed by atoms with E-state index >= 15 is 0 Å². The Morgan fingerprint density at radius 1 is 0.960 bits per heavy atom. The van der Waals surface area contributed by atoms with Crippen LogP contribution in [0.25, 0.3) is 0 Å². The average Bonchev–Trinajstić information content (AvgIpc) is 2.61. The number of hydrogen-bond acceptors (Lipinski definition) is 3. The van der Waals surface area contributed by atoms with E-state index in [1.165, 1.54) is 10.6 Å². The van der Waals surface area contributed by atoms with Crippen molar-refractivity contribution in [1.29, 1.82) is 0 Å². The van der Waals surface area contributed by atoms with Crippen LogP contribution in [0, 0.1) is 6.92 Å². The van der Waals surface area contributed by atoms with Crippen molar-refractivity contribution in [2.45, 2.75) is 13.5 Å². The maximum Gasteiger partial charge on any atom is 0.251 e. The third-order valence-corrected chi connectivity index (χ3v) is 3.56. The van der Waals surface area contributed by atoms with Crippen molar-refractivity contribution in [1.82, 2.24) is 4.57 Å². The van der Waals surface area contributed by atoms with E-state index in [-0.39, 0.29) is 18.0 Å². The smallest absolute Gasteiger partial charge is 0.251 e. The molecule has 0 unspecified atom stereocenters. The number of benzene rings is 2. The van der Waals surface area contributed by atoms with Gasteiger partial charge in [0.15, 0.2) is 0 Å². The summed E-state index contributed by atoms with van der Waals surface area (Å²) in [5.41, 5.74) is 1.37. The number of amides is 1. The highest BCUT2D eigenvalue weighted by atomic mass is 16.5. The van der Waals surface area contributed by atoms with Crippen molar-refractivity contribution in [2.75, 3.05) is 5.32 Å². The van der Waals surface area contributed by atoms with Crippen LogP contribution >= 0.6 is 0 Å². The topological polar surface area (TPSA) is 60.3 Å². The number of aryl methyl sites for hydroxylation is 1. The van der Waals surface area contributed by atoms with Crippen LogP contribution in [0.1, 0.15) is 5.56 Å². The normalized spacial score (nSPS) is 10.3. The fourth-order valence-corrected chi connectivity index (χ4v) is 2.36. The average molecular weight is 334 g/mol. The first-order valence-electron chi connectivity index (χ1n) is 7.90. The van der Waals surface area contributed by atoms with E-state index in [9.17, 15) is 9.59 Å². The molecule has 0 aliphatic rings. The molecule has 0 saturated carbocycles. The van der Waals surface area contributed by atoms with Crippen LogP contribution in [0.4, 0.5) is 5.69 Å². The Bertz CT molecular complexity index is 916. The largest absolute Gasteiger partial charge is 0.457 e. The maximum atomic E-state index is 12.1. The SMILES string of the molecule is Cc1ccc(=O)n(CC(=O)Nc2ccc(Oc3ccccc3)cc2)c1. The highest BCUT2D eigenvalue weighted by molar-refractivity contribution is 5.90. The molecule has 126 valence electrons. The Morgan fingerprint density at radius 3 is 2.36 bits per heavy atom. The second-order valence-electron chi connectivity index (χ2n) is 5.66. The summed E-state index contributed by atoms with van der Waals surface area (Å²) in [6.07, 6.45) is 1.67. The zero-order chi connectivity index (χ0) is 17.6. The molecule has 1 amide bonds. The number of aromatic nitrogens is 1. The van der Waals surface area contributed by atoms with Gasteiger partial charge in [0.1, 0.15) is 18.0 Å². The quantitative estimate of drug-likeness (QED) is 0.776. The van der Waals surface area contributed by atoms with Gasteiger partial charge in [0.2, 0.25) is 5.91 Å². The first kappa shape index (κ1) is 16.5. The first-order chi connectivity index (χ1) is 12.1. The molecule has 0 spiro atoms. The number of carbonyl (C=O) groups is 1. The van der Waals surface area contributed by atoms with E-state index in [0.29, 0.717) is 11.4 Å². The van der Waals surface area contributed by atoms with Gasteiger partial charge in [-0.1, -0.05) is 24.3 Å². The first-order valence-corrected chi connectivity index (χ1v) is 7.90. The van der Waals surface area contributed by atoms with E-state index in [4.69, 9.17) is 4.74 Å². The molecule has 5 nitrogen and oxygen atoms in total. The summed E-state index contributed by atoms with van der Waals surface area (Å²) in [5, 5.41) is 2.77. The lowest BCUT2D eigenvalue weighted by atomic mass is 10.3. The van der Waals surface area contributed by atoms with Gasteiger partial charge in [-0.05, 0) is 48.9 Å². The molecular weight excluding hydrogens is 316 g/mol. The highest BCUT2D eigenvalue weighted by Crippen LogP contribution is 2.22. The van der Waals surface area contributed by atoms with Crippen molar-refractivity contribution in [3.8, 4) is 11.5 Å². The number of rotatable bonds is 5. The lowest BCUT2D eigenvalue weighted by Crippen LogP contribution is -2.26. The fourth-order valence-electron chi connectivity index (χ4n) is 2.36. The number of nitrogens with one attached hydrogen (secondary N) is 1. The van der Waals surface area contributed by atoms with Gasteiger partial charge in [0.05, 0.1) is 0 Å². The molecule has 1 aromatic heterocycles. The number of hydrogen-bond donors (Lipinski definition) is 1. The molecule has 3 rings (SSSR count). The van der Waals surface area contributed by atoms with Gasteiger partial charge in [-0.25, -0.2) is 0 Å². The molecule has 0 fully saturated rings. The molecule has 0 aliphatic heterocycles. The van der Waals surface area contributed by atoms with Crippen LogP contribution in [-0.4, -0.2) is 10.5 Å². The number of para-hydroxylation sites is 1. The Kier molecular flexibility index (Phi) is 4.95. The standard InChI is InChI=1S/C20H18N2O3/c1-15-7-12-20(24)22(13-15)14-19(23)21-16-8-10-18(11-9-16)25-17-5-3-2-4-6-17/h2-13H,14H2,1H3,(H,21,23). The van der Waals surface area contributed by atoms with Gasteiger partial charge < -0.3 is 14.6 Å². The second kappa shape index (κ2) is 7.49. The van der Waals surface area contributed by atoms with E-state index in [2.05, 4.69) is 5.32 Å². The zero-order valence-corrected chi connectivity index (χ0v) is 13.8. The van der Waals surface area contributed by atoms with Crippen molar-refractivity contribution < 1.29 is 9.53 Å². The number of ether oxygens (including phenoxy) is 1. The molecule has 5 heteroatoms. The summed E-state index contributed by atoms with van der Waals surface area (Å²) in [7, 11) is 0. The Labute approximate surface area is 145 Å². The second-order valence-corrected chi connectivity index (χ2v) is 5.66. The van der Waals surface area contributed by atoms with E-state index in [1.807, 2.05) is 37.3 Å². The molecule has 0 radical (unpaired) electrons. The summed E-state index contributed by atoms with van der Waals surface area (Å²) < 4.78 is 7.09. The van der Waals surface area contributed by atoms with Crippen LogP contribution in [0.5, 0.6) is 11.5 Å². The Morgan fingerprint density at radius 2 is 1.64 bits per heavy atom. The maximum absolute atomic E-state index is 12.1. The molecule has 2 aromatic carbocycles. The van der Waals surface area contributed by atoms with Crippen LogP contribution < -0.4 is 15.6 Å². The monoisotopic (exact) mass is 334 g/mol. The van der Waals surface area contributed by atoms with Gasteiger partial charge >= 0.3 is 0 Å². The third kappa shape index (κ3) is 4.57. The minimum Gasteiger partial charge on any atom is -0.457 e. The van der Waals surface area contributed by atoms with Gasteiger partial charge in [-0.15, -0.1) is 0 Å². The number of nitrogens with zero attached hydrogens (tertiary/aromatic N) is 1. The molecule has 25 heavy (non-hydrogen) atoms. The van der Waals surface area contributed by atoms with Crippen molar-refractivity contribution in [3.05, 3.63) is 88.8 Å². The molecular formula is C20H18N2O3. The van der Waals surface area contributed by atoms with Crippen LogP contribution in [0.3, 0.4) is 0 Å². The van der Waals surface area contributed by atoms with Gasteiger partial charge in [0, 0.05) is 18.0 Å². The summed E-state index contributed by atoms with van der Waals surface area (Å²) in [6.45, 7) is 1.85. The molecule has 0 aliphatic carbocycles. The highest BCUT2D eigenvalue weighted by Gasteiger charge is 2.06. The van der Waals surface area contributed by atoms with E-state index < -0.39 is 0 Å². The number of pyridine rings is 1. The minimum absolute atomic E-state index is 0.0250. The molecule has 0 saturated heterocycles.